The maximum Gasteiger partial charge on any atom is 0.108 e. The van der Waals surface area contributed by atoms with Crippen molar-refractivity contribution in [1.82, 2.24) is 9.55 Å². The molecule has 2 N–H and O–H groups in total. The van der Waals surface area contributed by atoms with Gasteiger partial charge in [-0.25, -0.2) is 4.98 Å². The lowest BCUT2D eigenvalue weighted by Gasteiger charge is -2.19. The Balaban J connectivity index is 2.59. The van der Waals surface area contributed by atoms with Gasteiger partial charge < -0.3 is 10.3 Å². The van der Waals surface area contributed by atoms with E-state index in [1.165, 1.54) is 0 Å². The van der Waals surface area contributed by atoms with Gasteiger partial charge in [0.15, 0.2) is 0 Å². The van der Waals surface area contributed by atoms with Crippen LogP contribution >= 0.6 is 0 Å². The van der Waals surface area contributed by atoms with Crippen LogP contribution in [0.4, 0.5) is 0 Å². The van der Waals surface area contributed by atoms with Crippen LogP contribution in [0.25, 0.3) is 0 Å². The van der Waals surface area contributed by atoms with Crippen LogP contribution in [0, 0.1) is 5.92 Å². The van der Waals surface area contributed by atoms with Crippen molar-refractivity contribution in [2.75, 3.05) is 0 Å². The zero-order valence-corrected chi connectivity index (χ0v) is 9.40. The Bertz CT molecular complexity index is 267. The van der Waals surface area contributed by atoms with Crippen molar-refractivity contribution >= 4 is 0 Å². The molecule has 0 aliphatic carbocycles. The molecule has 14 heavy (non-hydrogen) atoms. The second kappa shape index (κ2) is 5.15. The SMILES string of the molecule is CCc1nccn1CC(N)C(C)CC. The van der Waals surface area contributed by atoms with Gasteiger partial charge in [0.1, 0.15) is 5.82 Å². The highest BCUT2D eigenvalue weighted by Crippen LogP contribution is 2.09. The fraction of sp³-hybridized carbons (Fsp3) is 0.727. The Hall–Kier alpha value is -0.830. The van der Waals surface area contributed by atoms with Gasteiger partial charge in [-0.2, -0.15) is 0 Å². The van der Waals surface area contributed by atoms with Gasteiger partial charge in [-0.1, -0.05) is 27.2 Å². The van der Waals surface area contributed by atoms with E-state index in [4.69, 9.17) is 5.73 Å². The Labute approximate surface area is 86.3 Å². The molecule has 0 radical (unpaired) electrons. The van der Waals surface area contributed by atoms with E-state index < -0.39 is 0 Å². The number of aromatic nitrogens is 2. The molecule has 2 unspecified atom stereocenters. The standard InChI is InChI=1S/C11H21N3/c1-4-9(3)10(12)8-14-7-6-13-11(14)5-2/h6-7,9-10H,4-5,8,12H2,1-3H3. The summed E-state index contributed by atoms with van der Waals surface area (Å²) in [4.78, 5) is 4.28. The highest BCUT2D eigenvalue weighted by molar-refractivity contribution is 4.92. The monoisotopic (exact) mass is 195 g/mol. The third-order valence-corrected chi connectivity index (χ3v) is 2.90. The van der Waals surface area contributed by atoms with Crippen molar-refractivity contribution < 1.29 is 0 Å². The van der Waals surface area contributed by atoms with Gasteiger partial charge in [0.05, 0.1) is 0 Å². The molecule has 0 fully saturated rings. The number of aryl methyl sites for hydroxylation is 1. The number of imidazole rings is 1. The molecule has 80 valence electrons. The lowest BCUT2D eigenvalue weighted by molar-refractivity contribution is 0.392. The van der Waals surface area contributed by atoms with Crippen molar-refractivity contribution in [2.24, 2.45) is 11.7 Å². The molecule has 1 aromatic rings. The number of rotatable bonds is 5. The van der Waals surface area contributed by atoms with E-state index >= 15 is 0 Å². The van der Waals surface area contributed by atoms with E-state index in [9.17, 15) is 0 Å². The Morgan fingerprint density at radius 1 is 1.50 bits per heavy atom. The Morgan fingerprint density at radius 3 is 2.79 bits per heavy atom. The second-order valence-electron chi connectivity index (χ2n) is 3.90. The zero-order chi connectivity index (χ0) is 10.6. The molecule has 0 saturated heterocycles. The molecule has 0 aromatic carbocycles. The summed E-state index contributed by atoms with van der Waals surface area (Å²) in [7, 11) is 0. The molecule has 1 rings (SSSR count). The maximum atomic E-state index is 6.09. The molecule has 1 heterocycles. The van der Waals surface area contributed by atoms with E-state index in [1.54, 1.807) is 0 Å². The predicted octanol–water partition coefficient (Wildman–Crippen LogP) is 1.82. The van der Waals surface area contributed by atoms with Crippen LogP contribution in [0.15, 0.2) is 12.4 Å². The quantitative estimate of drug-likeness (QED) is 0.779. The average Bonchev–Trinajstić information content (AvgIpc) is 2.63. The van der Waals surface area contributed by atoms with Crippen molar-refractivity contribution in [2.45, 2.75) is 46.2 Å². The first-order chi connectivity index (χ1) is 6.69. The van der Waals surface area contributed by atoms with Crippen LogP contribution in [-0.4, -0.2) is 15.6 Å². The summed E-state index contributed by atoms with van der Waals surface area (Å²) >= 11 is 0. The van der Waals surface area contributed by atoms with Gasteiger partial charge in [0, 0.05) is 31.4 Å². The zero-order valence-electron chi connectivity index (χ0n) is 9.40. The minimum Gasteiger partial charge on any atom is -0.333 e. The first-order valence-electron chi connectivity index (χ1n) is 5.44. The number of hydrogen-bond donors (Lipinski definition) is 1. The van der Waals surface area contributed by atoms with Crippen molar-refractivity contribution in [1.29, 1.82) is 0 Å². The molecule has 0 amide bonds. The number of nitrogens with zero attached hydrogens (tertiary/aromatic N) is 2. The van der Waals surface area contributed by atoms with Crippen LogP contribution in [0.2, 0.25) is 0 Å². The normalized spacial score (nSPS) is 15.4. The van der Waals surface area contributed by atoms with Crippen LogP contribution < -0.4 is 5.73 Å². The number of nitrogens with two attached hydrogens (primary N) is 1. The minimum absolute atomic E-state index is 0.236. The highest BCUT2D eigenvalue weighted by Gasteiger charge is 2.12. The summed E-state index contributed by atoms with van der Waals surface area (Å²) in [6.07, 6.45) is 5.97. The minimum atomic E-state index is 0.236. The molecule has 1 aromatic heterocycles. The molecule has 2 atom stereocenters. The van der Waals surface area contributed by atoms with Crippen LogP contribution in [0.3, 0.4) is 0 Å². The summed E-state index contributed by atoms with van der Waals surface area (Å²) in [6.45, 7) is 7.39. The van der Waals surface area contributed by atoms with Gasteiger partial charge in [0.25, 0.3) is 0 Å². The average molecular weight is 195 g/mol. The number of hydrogen-bond acceptors (Lipinski definition) is 2. The molecular formula is C11H21N3. The summed E-state index contributed by atoms with van der Waals surface area (Å²) in [5.41, 5.74) is 6.09. The van der Waals surface area contributed by atoms with Crippen LogP contribution in [0.1, 0.15) is 33.0 Å². The summed E-state index contributed by atoms with van der Waals surface area (Å²) < 4.78 is 2.16. The molecule has 3 heteroatoms. The van der Waals surface area contributed by atoms with E-state index in [-0.39, 0.29) is 6.04 Å². The maximum absolute atomic E-state index is 6.09. The fourth-order valence-electron chi connectivity index (χ4n) is 1.53. The first kappa shape index (κ1) is 11.2. The van der Waals surface area contributed by atoms with E-state index in [0.29, 0.717) is 5.92 Å². The molecule has 0 bridgehead atoms. The molecule has 0 spiro atoms. The molecular weight excluding hydrogens is 174 g/mol. The van der Waals surface area contributed by atoms with Crippen molar-refractivity contribution in [3.05, 3.63) is 18.2 Å². The Kier molecular flexibility index (Phi) is 4.14. The van der Waals surface area contributed by atoms with Gasteiger partial charge in [-0.15, -0.1) is 0 Å². The van der Waals surface area contributed by atoms with E-state index in [1.807, 2.05) is 12.4 Å². The summed E-state index contributed by atoms with van der Waals surface area (Å²) in [5, 5.41) is 0. The summed E-state index contributed by atoms with van der Waals surface area (Å²) in [5.74, 6) is 1.70. The smallest absolute Gasteiger partial charge is 0.108 e. The first-order valence-corrected chi connectivity index (χ1v) is 5.44. The lowest BCUT2D eigenvalue weighted by Crippen LogP contribution is -2.33. The largest absolute Gasteiger partial charge is 0.333 e. The topological polar surface area (TPSA) is 43.8 Å². The van der Waals surface area contributed by atoms with Gasteiger partial charge in [-0.05, 0) is 5.92 Å². The highest BCUT2D eigenvalue weighted by atomic mass is 15.1. The second-order valence-corrected chi connectivity index (χ2v) is 3.90. The molecule has 0 aliphatic heterocycles. The Morgan fingerprint density at radius 2 is 2.21 bits per heavy atom. The van der Waals surface area contributed by atoms with E-state index in [2.05, 4.69) is 30.3 Å². The van der Waals surface area contributed by atoms with Gasteiger partial charge in [0.2, 0.25) is 0 Å². The van der Waals surface area contributed by atoms with Gasteiger partial charge >= 0.3 is 0 Å². The lowest BCUT2D eigenvalue weighted by atomic mass is 10.0. The fourth-order valence-corrected chi connectivity index (χ4v) is 1.53. The van der Waals surface area contributed by atoms with E-state index in [0.717, 1.165) is 25.2 Å². The molecule has 3 nitrogen and oxygen atoms in total. The molecule has 0 aliphatic rings. The third kappa shape index (κ3) is 2.58. The predicted molar refractivity (Wildman–Crippen MR) is 59.0 cm³/mol. The molecule has 0 saturated carbocycles. The van der Waals surface area contributed by atoms with Crippen LogP contribution in [-0.2, 0) is 13.0 Å². The van der Waals surface area contributed by atoms with Crippen molar-refractivity contribution in [3.63, 3.8) is 0 Å². The van der Waals surface area contributed by atoms with Crippen LogP contribution in [0.5, 0.6) is 0 Å². The summed E-state index contributed by atoms with van der Waals surface area (Å²) in [6, 6.07) is 0.236. The van der Waals surface area contributed by atoms with Crippen molar-refractivity contribution in [3.8, 4) is 0 Å². The third-order valence-electron chi connectivity index (χ3n) is 2.90. The van der Waals surface area contributed by atoms with Gasteiger partial charge in [-0.3, -0.25) is 0 Å².